The predicted molar refractivity (Wildman–Crippen MR) is 126 cm³/mol. The van der Waals surface area contributed by atoms with E-state index in [9.17, 15) is 18.0 Å². The van der Waals surface area contributed by atoms with Gasteiger partial charge in [0.1, 0.15) is 0 Å². The van der Waals surface area contributed by atoms with Crippen LogP contribution < -0.4 is 4.90 Å². The molecule has 0 radical (unpaired) electrons. The number of benzene rings is 2. The first-order chi connectivity index (χ1) is 15.8. The molecule has 0 spiro atoms. The van der Waals surface area contributed by atoms with Gasteiger partial charge in [0.15, 0.2) is 5.78 Å². The van der Waals surface area contributed by atoms with Gasteiger partial charge >= 0.3 is 0 Å². The van der Waals surface area contributed by atoms with E-state index in [4.69, 9.17) is 0 Å². The van der Waals surface area contributed by atoms with E-state index in [1.807, 2.05) is 24.3 Å². The van der Waals surface area contributed by atoms with Gasteiger partial charge in [0, 0.05) is 38.8 Å². The van der Waals surface area contributed by atoms with Crippen LogP contribution in [0.15, 0.2) is 53.4 Å². The number of carbonyl (C=O) groups is 2. The summed E-state index contributed by atoms with van der Waals surface area (Å²) in [4.78, 5) is 36.2. The van der Waals surface area contributed by atoms with Crippen molar-refractivity contribution in [1.82, 2.24) is 19.2 Å². The Balaban J connectivity index is 1.39. The van der Waals surface area contributed by atoms with Crippen molar-refractivity contribution >= 4 is 38.7 Å². The van der Waals surface area contributed by atoms with Crippen LogP contribution in [0.25, 0.3) is 11.0 Å². The highest BCUT2D eigenvalue weighted by molar-refractivity contribution is 7.89. The van der Waals surface area contributed by atoms with Crippen LogP contribution in [0.4, 0.5) is 5.95 Å². The molecule has 1 aliphatic rings. The normalized spacial score (nSPS) is 15.1. The van der Waals surface area contributed by atoms with Crippen molar-refractivity contribution in [3.63, 3.8) is 0 Å². The van der Waals surface area contributed by atoms with E-state index >= 15 is 0 Å². The molecular formula is C23H27N5O4S. The Morgan fingerprint density at radius 3 is 2.45 bits per heavy atom. The van der Waals surface area contributed by atoms with Crippen molar-refractivity contribution in [2.45, 2.75) is 18.2 Å². The molecule has 4 rings (SSSR count). The molecule has 0 atom stereocenters. The molecule has 0 aliphatic carbocycles. The minimum Gasteiger partial charge on any atom is -0.341 e. The van der Waals surface area contributed by atoms with Crippen LogP contribution in [0.5, 0.6) is 0 Å². The molecule has 174 valence electrons. The number of aromatic nitrogens is 2. The number of rotatable bonds is 6. The van der Waals surface area contributed by atoms with Gasteiger partial charge in [-0.1, -0.05) is 24.3 Å². The number of hydrogen-bond donors (Lipinski definition) is 1. The number of carbonyl (C=O) groups excluding carboxylic acids is 2. The lowest BCUT2D eigenvalue weighted by Crippen LogP contribution is -2.42. The summed E-state index contributed by atoms with van der Waals surface area (Å²) < 4.78 is 26.8. The molecule has 0 unspecified atom stereocenters. The SMILES string of the molecule is CC(=O)c1ccc(S(=O)(=O)N(C)CC(=O)N2CCCN(c3nc4ccccc4[nH]3)CC2)cc1. The standard InChI is InChI=1S/C23H27N5O4S/c1-17(29)18-8-10-19(11-9-18)33(31,32)26(2)16-22(30)27-12-5-13-28(15-14-27)23-24-20-6-3-4-7-21(20)25-23/h3-4,6-11H,5,12-16H2,1-2H3,(H,24,25). The van der Waals surface area contributed by atoms with E-state index in [-0.39, 0.29) is 23.1 Å². The highest BCUT2D eigenvalue weighted by Gasteiger charge is 2.27. The number of likely N-dealkylation sites (N-methyl/N-ethyl adjacent to an activating group) is 1. The number of para-hydroxylation sites is 2. The van der Waals surface area contributed by atoms with Gasteiger partial charge in [-0.25, -0.2) is 13.4 Å². The van der Waals surface area contributed by atoms with Crippen LogP contribution >= 0.6 is 0 Å². The second kappa shape index (κ2) is 9.32. The molecule has 2 aromatic carbocycles. The van der Waals surface area contributed by atoms with E-state index in [0.29, 0.717) is 25.2 Å². The van der Waals surface area contributed by atoms with E-state index in [2.05, 4.69) is 14.9 Å². The van der Waals surface area contributed by atoms with Gasteiger partial charge in [-0.2, -0.15) is 4.31 Å². The molecule has 1 N–H and O–H groups in total. The summed E-state index contributed by atoms with van der Waals surface area (Å²) in [5.74, 6) is 0.396. The number of nitrogens with one attached hydrogen (secondary N) is 1. The van der Waals surface area contributed by atoms with Crippen LogP contribution in [0.3, 0.4) is 0 Å². The number of aromatic amines is 1. The number of ketones is 1. The zero-order chi connectivity index (χ0) is 23.6. The Bertz CT molecular complexity index is 1240. The number of nitrogens with zero attached hydrogens (tertiary/aromatic N) is 4. The highest BCUT2D eigenvalue weighted by atomic mass is 32.2. The summed E-state index contributed by atoms with van der Waals surface area (Å²) in [7, 11) is -2.45. The molecular weight excluding hydrogens is 442 g/mol. The molecule has 1 saturated heterocycles. The van der Waals surface area contributed by atoms with E-state index in [1.54, 1.807) is 4.90 Å². The molecule has 2 heterocycles. The largest absolute Gasteiger partial charge is 0.341 e. The van der Waals surface area contributed by atoms with Crippen LogP contribution in [-0.2, 0) is 14.8 Å². The number of hydrogen-bond acceptors (Lipinski definition) is 6. The van der Waals surface area contributed by atoms with Crippen LogP contribution in [0, 0.1) is 0 Å². The summed E-state index contributed by atoms with van der Waals surface area (Å²) in [6.07, 6.45) is 0.756. The van der Waals surface area contributed by atoms with Crippen LogP contribution in [-0.4, -0.2) is 79.1 Å². The molecule has 1 fully saturated rings. The summed E-state index contributed by atoms with van der Waals surface area (Å²) >= 11 is 0. The number of imidazole rings is 1. The second-order valence-corrected chi connectivity index (χ2v) is 10.2. The Morgan fingerprint density at radius 1 is 1.03 bits per heavy atom. The van der Waals surface area contributed by atoms with Gasteiger partial charge in [-0.15, -0.1) is 0 Å². The van der Waals surface area contributed by atoms with E-state index < -0.39 is 10.0 Å². The first-order valence-electron chi connectivity index (χ1n) is 10.8. The van der Waals surface area contributed by atoms with Crippen molar-refractivity contribution < 1.29 is 18.0 Å². The van der Waals surface area contributed by atoms with Crippen molar-refractivity contribution in [3.8, 4) is 0 Å². The Labute approximate surface area is 193 Å². The Morgan fingerprint density at radius 2 is 1.76 bits per heavy atom. The minimum absolute atomic E-state index is 0.0507. The fraction of sp³-hybridized carbons (Fsp3) is 0.348. The molecule has 1 amide bonds. The number of sulfonamides is 1. The third-order valence-corrected chi connectivity index (χ3v) is 7.67. The molecule has 1 aromatic heterocycles. The average molecular weight is 470 g/mol. The van der Waals surface area contributed by atoms with Gasteiger partial charge in [0.2, 0.25) is 21.9 Å². The molecule has 10 heteroatoms. The lowest BCUT2D eigenvalue weighted by Gasteiger charge is -2.24. The van der Waals surface area contributed by atoms with Gasteiger partial charge in [-0.05, 0) is 37.6 Å². The zero-order valence-corrected chi connectivity index (χ0v) is 19.5. The number of fused-ring (bicyclic) bond motifs is 1. The fourth-order valence-corrected chi connectivity index (χ4v) is 5.01. The fourth-order valence-electron chi connectivity index (χ4n) is 3.88. The number of anilines is 1. The number of amides is 1. The second-order valence-electron chi connectivity index (χ2n) is 8.14. The van der Waals surface area contributed by atoms with E-state index in [1.165, 1.54) is 38.2 Å². The molecule has 9 nitrogen and oxygen atoms in total. The van der Waals surface area contributed by atoms with Crippen LogP contribution in [0.1, 0.15) is 23.7 Å². The summed E-state index contributed by atoms with van der Waals surface area (Å²) in [6, 6.07) is 13.6. The Kier molecular flexibility index (Phi) is 6.48. The summed E-state index contributed by atoms with van der Waals surface area (Å²) in [6.45, 7) is 3.56. The maximum atomic E-state index is 12.9. The quantitative estimate of drug-likeness (QED) is 0.555. The minimum atomic E-state index is -3.84. The van der Waals surface area contributed by atoms with Crippen molar-refractivity contribution in [2.24, 2.45) is 0 Å². The topological polar surface area (TPSA) is 107 Å². The smallest absolute Gasteiger partial charge is 0.243 e. The average Bonchev–Trinajstić information content (AvgIpc) is 3.08. The highest BCUT2D eigenvalue weighted by Crippen LogP contribution is 2.19. The van der Waals surface area contributed by atoms with E-state index in [0.717, 1.165) is 34.3 Å². The first kappa shape index (κ1) is 22.9. The molecule has 33 heavy (non-hydrogen) atoms. The molecule has 1 aliphatic heterocycles. The van der Waals surface area contributed by atoms with Gasteiger partial charge in [-0.3, -0.25) is 9.59 Å². The molecule has 0 bridgehead atoms. The number of H-pyrrole nitrogens is 1. The zero-order valence-electron chi connectivity index (χ0n) is 18.7. The lowest BCUT2D eigenvalue weighted by molar-refractivity contribution is -0.131. The van der Waals surface area contributed by atoms with Crippen LogP contribution in [0.2, 0.25) is 0 Å². The first-order valence-corrected chi connectivity index (χ1v) is 12.2. The maximum absolute atomic E-state index is 12.9. The predicted octanol–water partition coefficient (Wildman–Crippen LogP) is 2.12. The third-order valence-electron chi connectivity index (χ3n) is 5.85. The van der Waals surface area contributed by atoms with Crippen molar-refractivity contribution in [1.29, 1.82) is 0 Å². The van der Waals surface area contributed by atoms with Gasteiger partial charge in [0.05, 0.1) is 22.5 Å². The lowest BCUT2D eigenvalue weighted by atomic mass is 10.2. The Hall–Kier alpha value is -3.24. The maximum Gasteiger partial charge on any atom is 0.243 e. The number of Topliss-reactive ketones (excluding diaryl/α,β-unsaturated/α-hetero) is 1. The summed E-state index contributed by atoms with van der Waals surface area (Å²) in [5.41, 5.74) is 2.30. The monoisotopic (exact) mass is 469 g/mol. The molecule has 0 saturated carbocycles. The molecule has 3 aromatic rings. The van der Waals surface area contributed by atoms with Crippen molar-refractivity contribution in [2.75, 3.05) is 44.7 Å². The van der Waals surface area contributed by atoms with Crippen molar-refractivity contribution in [3.05, 3.63) is 54.1 Å². The third kappa shape index (κ3) is 4.91. The van der Waals surface area contributed by atoms with Gasteiger partial charge in [0.25, 0.3) is 0 Å². The summed E-state index contributed by atoms with van der Waals surface area (Å²) in [5, 5.41) is 0. The van der Waals surface area contributed by atoms with Gasteiger partial charge < -0.3 is 14.8 Å².